The second-order valence-electron chi connectivity index (χ2n) is 6.08. The fourth-order valence-electron chi connectivity index (χ4n) is 3.45. The third-order valence-corrected chi connectivity index (χ3v) is 5.85. The van der Waals surface area contributed by atoms with Crippen LogP contribution in [0.25, 0.3) is 10.2 Å². The van der Waals surface area contributed by atoms with Crippen molar-refractivity contribution in [3.05, 3.63) is 52.7 Å². The standard InChI is InChI=1S/C18H17N3O2S/c1-11-14-16(19-10-20-17(14)24-15(11)18(22)23)21-8-7-13(9-21)12-5-3-2-4-6-12/h2-6,10,13H,7-9H2,1H3,(H,22,23). The van der Waals surface area contributed by atoms with Crippen molar-refractivity contribution in [1.82, 2.24) is 9.97 Å². The number of aryl methyl sites for hydroxylation is 1. The number of aromatic nitrogens is 2. The summed E-state index contributed by atoms with van der Waals surface area (Å²) in [5.74, 6) is 0.443. The Morgan fingerprint density at radius 3 is 2.83 bits per heavy atom. The van der Waals surface area contributed by atoms with Crippen molar-refractivity contribution < 1.29 is 9.90 Å². The predicted molar refractivity (Wildman–Crippen MR) is 95.1 cm³/mol. The van der Waals surface area contributed by atoms with Crippen molar-refractivity contribution >= 4 is 33.3 Å². The quantitative estimate of drug-likeness (QED) is 0.788. The maximum Gasteiger partial charge on any atom is 0.346 e. The molecule has 0 amide bonds. The zero-order chi connectivity index (χ0) is 16.7. The van der Waals surface area contributed by atoms with E-state index in [0.717, 1.165) is 41.1 Å². The predicted octanol–water partition coefficient (Wildman–Crippen LogP) is 3.69. The number of fused-ring (bicyclic) bond motifs is 1. The summed E-state index contributed by atoms with van der Waals surface area (Å²) in [6, 6.07) is 10.5. The van der Waals surface area contributed by atoms with Gasteiger partial charge < -0.3 is 10.0 Å². The molecule has 0 aliphatic carbocycles. The van der Waals surface area contributed by atoms with Gasteiger partial charge in [0.1, 0.15) is 21.9 Å². The number of anilines is 1. The van der Waals surface area contributed by atoms with Crippen LogP contribution in [0.5, 0.6) is 0 Å². The zero-order valence-electron chi connectivity index (χ0n) is 13.3. The summed E-state index contributed by atoms with van der Waals surface area (Å²) < 4.78 is 0. The van der Waals surface area contributed by atoms with Gasteiger partial charge in [-0.1, -0.05) is 30.3 Å². The molecule has 1 aliphatic rings. The molecule has 5 nitrogen and oxygen atoms in total. The number of nitrogens with zero attached hydrogens (tertiary/aromatic N) is 3. The maximum atomic E-state index is 11.4. The van der Waals surface area contributed by atoms with E-state index in [1.165, 1.54) is 23.2 Å². The molecular formula is C18H17N3O2S. The second-order valence-corrected chi connectivity index (χ2v) is 7.08. The van der Waals surface area contributed by atoms with E-state index in [2.05, 4.69) is 39.1 Å². The van der Waals surface area contributed by atoms with E-state index in [4.69, 9.17) is 0 Å². The molecular weight excluding hydrogens is 322 g/mol. The molecule has 4 rings (SSSR count). The van der Waals surface area contributed by atoms with E-state index in [1.54, 1.807) is 0 Å². The number of rotatable bonds is 3. The Bertz CT molecular complexity index is 907. The second kappa shape index (κ2) is 5.87. The first-order valence-electron chi connectivity index (χ1n) is 7.92. The molecule has 0 spiro atoms. The third-order valence-electron chi connectivity index (χ3n) is 4.66. The highest BCUT2D eigenvalue weighted by molar-refractivity contribution is 7.20. The van der Waals surface area contributed by atoms with E-state index in [1.807, 2.05) is 13.0 Å². The van der Waals surface area contributed by atoms with Crippen LogP contribution in [0.4, 0.5) is 5.82 Å². The lowest BCUT2D eigenvalue weighted by Gasteiger charge is -2.18. The van der Waals surface area contributed by atoms with Gasteiger partial charge in [-0.2, -0.15) is 0 Å². The van der Waals surface area contributed by atoms with Gasteiger partial charge in [-0.05, 0) is 24.5 Å². The van der Waals surface area contributed by atoms with Gasteiger partial charge >= 0.3 is 5.97 Å². The number of benzene rings is 1. The summed E-state index contributed by atoms with van der Waals surface area (Å²) in [5, 5.41) is 10.2. The molecule has 122 valence electrons. The number of hydrogen-bond donors (Lipinski definition) is 1. The average Bonchev–Trinajstić information content (AvgIpc) is 3.21. The maximum absolute atomic E-state index is 11.4. The molecule has 1 atom stereocenters. The van der Waals surface area contributed by atoms with Crippen molar-refractivity contribution in [2.45, 2.75) is 19.3 Å². The van der Waals surface area contributed by atoms with Gasteiger partial charge in [0.25, 0.3) is 0 Å². The van der Waals surface area contributed by atoms with Gasteiger partial charge in [-0.3, -0.25) is 0 Å². The van der Waals surface area contributed by atoms with Crippen molar-refractivity contribution in [3.8, 4) is 0 Å². The SMILES string of the molecule is Cc1c(C(=O)O)sc2ncnc(N3CCC(c4ccccc4)C3)c12. The van der Waals surface area contributed by atoms with Crippen LogP contribution in [0.3, 0.4) is 0 Å². The van der Waals surface area contributed by atoms with Crippen LogP contribution in [0.15, 0.2) is 36.7 Å². The molecule has 1 saturated heterocycles. The molecule has 1 fully saturated rings. The molecule has 3 heterocycles. The van der Waals surface area contributed by atoms with Gasteiger partial charge in [-0.15, -0.1) is 11.3 Å². The fraction of sp³-hybridized carbons (Fsp3) is 0.278. The van der Waals surface area contributed by atoms with Crippen LogP contribution >= 0.6 is 11.3 Å². The lowest BCUT2D eigenvalue weighted by atomic mass is 9.99. The van der Waals surface area contributed by atoms with Crippen molar-refractivity contribution in [3.63, 3.8) is 0 Å². The lowest BCUT2D eigenvalue weighted by Crippen LogP contribution is -2.20. The van der Waals surface area contributed by atoms with Gasteiger partial charge in [-0.25, -0.2) is 14.8 Å². The Morgan fingerprint density at radius 2 is 2.08 bits per heavy atom. The van der Waals surface area contributed by atoms with E-state index in [0.29, 0.717) is 10.8 Å². The van der Waals surface area contributed by atoms with Gasteiger partial charge in [0.2, 0.25) is 0 Å². The highest BCUT2D eigenvalue weighted by atomic mass is 32.1. The third kappa shape index (κ3) is 2.43. The largest absolute Gasteiger partial charge is 0.477 e. The van der Waals surface area contributed by atoms with Crippen molar-refractivity contribution in [2.75, 3.05) is 18.0 Å². The molecule has 3 aromatic rings. The van der Waals surface area contributed by atoms with Crippen LogP contribution in [-0.2, 0) is 0 Å². The van der Waals surface area contributed by atoms with Crippen molar-refractivity contribution in [1.29, 1.82) is 0 Å². The van der Waals surface area contributed by atoms with Crippen molar-refractivity contribution in [2.24, 2.45) is 0 Å². The van der Waals surface area contributed by atoms with Crippen LogP contribution in [0.1, 0.15) is 33.1 Å². The van der Waals surface area contributed by atoms with E-state index in [9.17, 15) is 9.90 Å². The number of hydrogen-bond acceptors (Lipinski definition) is 5. The summed E-state index contributed by atoms with van der Waals surface area (Å²) in [6.45, 7) is 3.66. The molecule has 0 saturated carbocycles. The molecule has 2 aromatic heterocycles. The smallest absolute Gasteiger partial charge is 0.346 e. The summed E-state index contributed by atoms with van der Waals surface area (Å²) in [4.78, 5) is 23.5. The Morgan fingerprint density at radius 1 is 1.29 bits per heavy atom. The number of thiophene rings is 1. The molecule has 1 aromatic carbocycles. The molecule has 0 bridgehead atoms. The van der Waals surface area contributed by atoms with Gasteiger partial charge in [0.05, 0.1) is 5.39 Å². The molecule has 6 heteroatoms. The van der Waals surface area contributed by atoms with Gasteiger partial charge in [0, 0.05) is 19.0 Å². The van der Waals surface area contributed by atoms with Crippen LogP contribution in [0.2, 0.25) is 0 Å². The zero-order valence-corrected chi connectivity index (χ0v) is 14.1. The van der Waals surface area contributed by atoms with Crippen LogP contribution < -0.4 is 4.90 Å². The van der Waals surface area contributed by atoms with E-state index < -0.39 is 5.97 Å². The normalized spacial score (nSPS) is 17.5. The molecule has 24 heavy (non-hydrogen) atoms. The minimum atomic E-state index is -0.898. The topological polar surface area (TPSA) is 66.3 Å². The fourth-order valence-corrected chi connectivity index (χ4v) is 4.43. The number of carboxylic acids is 1. The van der Waals surface area contributed by atoms with E-state index in [-0.39, 0.29) is 0 Å². The van der Waals surface area contributed by atoms with E-state index >= 15 is 0 Å². The van der Waals surface area contributed by atoms with Gasteiger partial charge in [0.15, 0.2) is 0 Å². The molecule has 1 aliphatic heterocycles. The highest BCUT2D eigenvalue weighted by Gasteiger charge is 2.28. The van der Waals surface area contributed by atoms with Crippen LogP contribution in [0, 0.1) is 6.92 Å². The monoisotopic (exact) mass is 339 g/mol. The summed E-state index contributed by atoms with van der Waals surface area (Å²) >= 11 is 1.22. The summed E-state index contributed by atoms with van der Waals surface area (Å²) in [7, 11) is 0. The Hall–Kier alpha value is -2.47. The summed E-state index contributed by atoms with van der Waals surface area (Å²) in [6.07, 6.45) is 2.61. The Labute approximate surface area is 143 Å². The summed E-state index contributed by atoms with van der Waals surface area (Å²) in [5.41, 5.74) is 2.11. The first-order chi connectivity index (χ1) is 11.6. The van der Waals surface area contributed by atoms with Crippen LogP contribution in [-0.4, -0.2) is 34.1 Å². The average molecular weight is 339 g/mol. The minimum Gasteiger partial charge on any atom is -0.477 e. The molecule has 1 unspecified atom stereocenters. The first-order valence-corrected chi connectivity index (χ1v) is 8.74. The molecule has 1 N–H and O–H groups in total. The lowest BCUT2D eigenvalue weighted by molar-refractivity contribution is 0.0701. The number of aromatic carboxylic acids is 1. The first kappa shape index (κ1) is 15.1. The number of carbonyl (C=O) groups is 1. The Balaban J connectivity index is 1.71. The highest BCUT2D eigenvalue weighted by Crippen LogP contribution is 2.38. The number of carboxylic acid groups (broad SMARTS) is 1. The Kier molecular flexibility index (Phi) is 3.69. The minimum absolute atomic E-state index is 0.352. The molecule has 0 radical (unpaired) electrons.